The van der Waals surface area contributed by atoms with Gasteiger partial charge in [0.05, 0.1) is 11.8 Å². The number of halogens is 1. The summed E-state index contributed by atoms with van der Waals surface area (Å²) in [5.41, 5.74) is -0.539. The second-order valence-electron chi connectivity index (χ2n) is 3.49. The predicted molar refractivity (Wildman–Crippen MR) is 53.2 cm³/mol. The topological polar surface area (TPSA) is 33.1 Å². The molecule has 3 heteroatoms. The second kappa shape index (κ2) is 4.33. The first-order chi connectivity index (χ1) is 6.56. The van der Waals surface area contributed by atoms with Crippen LogP contribution in [0.15, 0.2) is 31.1 Å². The van der Waals surface area contributed by atoms with Gasteiger partial charge in [-0.2, -0.15) is 0 Å². The van der Waals surface area contributed by atoms with Crippen molar-refractivity contribution in [2.75, 3.05) is 0 Å². The van der Waals surface area contributed by atoms with E-state index in [4.69, 9.17) is 0 Å². The average Bonchev–Trinajstić information content (AvgIpc) is 2.15. The van der Waals surface area contributed by atoms with E-state index in [1.807, 2.05) is 0 Å². The number of aromatic nitrogens is 1. The van der Waals surface area contributed by atoms with E-state index in [-0.39, 0.29) is 0 Å². The van der Waals surface area contributed by atoms with Crippen LogP contribution < -0.4 is 0 Å². The van der Waals surface area contributed by atoms with Gasteiger partial charge in [-0.15, -0.1) is 6.58 Å². The van der Waals surface area contributed by atoms with E-state index in [2.05, 4.69) is 11.6 Å². The van der Waals surface area contributed by atoms with Crippen molar-refractivity contribution in [3.8, 4) is 0 Å². The Kier molecular flexibility index (Phi) is 3.36. The molecule has 1 aromatic rings. The molecule has 1 heterocycles. The highest BCUT2D eigenvalue weighted by Crippen LogP contribution is 2.25. The lowest BCUT2D eigenvalue weighted by Gasteiger charge is -2.22. The van der Waals surface area contributed by atoms with Gasteiger partial charge in [-0.05, 0) is 25.8 Å². The molecule has 0 radical (unpaired) electrons. The second-order valence-corrected chi connectivity index (χ2v) is 3.49. The fourth-order valence-electron chi connectivity index (χ4n) is 1.23. The van der Waals surface area contributed by atoms with Crippen LogP contribution in [0.5, 0.6) is 0 Å². The molecule has 0 saturated carbocycles. The largest absolute Gasteiger partial charge is 0.385 e. The van der Waals surface area contributed by atoms with Crippen molar-refractivity contribution in [3.63, 3.8) is 0 Å². The molecule has 0 aliphatic carbocycles. The minimum absolute atomic E-state index is 0.429. The van der Waals surface area contributed by atoms with E-state index in [1.165, 1.54) is 12.3 Å². The molecule has 1 atom stereocenters. The highest BCUT2D eigenvalue weighted by Gasteiger charge is 2.22. The maximum atomic E-state index is 12.8. The fraction of sp³-hybridized carbons (Fsp3) is 0.364. The molecule has 1 rings (SSSR count). The summed E-state index contributed by atoms with van der Waals surface area (Å²) in [5, 5.41) is 9.99. The van der Waals surface area contributed by atoms with Crippen LogP contribution in [0.25, 0.3) is 0 Å². The molecule has 0 bridgehead atoms. The van der Waals surface area contributed by atoms with Crippen molar-refractivity contribution >= 4 is 0 Å². The van der Waals surface area contributed by atoms with Crippen molar-refractivity contribution in [1.29, 1.82) is 0 Å². The van der Waals surface area contributed by atoms with Crippen LogP contribution in [0.1, 0.15) is 25.3 Å². The smallest absolute Gasteiger partial charge is 0.141 e. The Labute approximate surface area is 83.1 Å². The number of nitrogens with zero attached hydrogens (tertiary/aromatic N) is 1. The molecule has 0 spiro atoms. The molecule has 1 aromatic heterocycles. The number of hydrogen-bond donors (Lipinski definition) is 1. The Bertz CT molecular complexity index is 323. The molecule has 0 saturated heterocycles. The molecule has 0 fully saturated rings. The lowest BCUT2D eigenvalue weighted by Crippen LogP contribution is -2.21. The quantitative estimate of drug-likeness (QED) is 0.748. The summed E-state index contributed by atoms with van der Waals surface area (Å²) in [6, 6.07) is 1.30. The van der Waals surface area contributed by atoms with Gasteiger partial charge in [-0.1, -0.05) is 6.08 Å². The third-order valence-corrected chi connectivity index (χ3v) is 2.16. The maximum Gasteiger partial charge on any atom is 0.141 e. The van der Waals surface area contributed by atoms with Crippen LogP contribution >= 0.6 is 0 Å². The number of hydrogen-bond acceptors (Lipinski definition) is 2. The minimum atomic E-state index is -1.04. The Morgan fingerprint density at radius 2 is 2.36 bits per heavy atom. The Hall–Kier alpha value is -1.22. The molecule has 1 unspecified atom stereocenters. The molecule has 76 valence electrons. The Morgan fingerprint density at radius 3 is 2.93 bits per heavy atom. The molecule has 0 aliphatic rings. The number of allylic oxidation sites excluding steroid dienone is 1. The first-order valence-corrected chi connectivity index (χ1v) is 4.50. The van der Waals surface area contributed by atoms with Crippen molar-refractivity contribution < 1.29 is 9.50 Å². The third kappa shape index (κ3) is 2.64. The van der Waals surface area contributed by atoms with Gasteiger partial charge in [0.15, 0.2) is 0 Å². The van der Waals surface area contributed by atoms with Gasteiger partial charge >= 0.3 is 0 Å². The summed E-state index contributed by atoms with van der Waals surface area (Å²) in [6.45, 7) is 5.22. The van der Waals surface area contributed by atoms with E-state index < -0.39 is 11.4 Å². The van der Waals surface area contributed by atoms with Gasteiger partial charge in [-0.25, -0.2) is 4.39 Å². The molecule has 2 nitrogen and oxygen atoms in total. The van der Waals surface area contributed by atoms with E-state index >= 15 is 0 Å². The molecule has 0 amide bonds. The highest BCUT2D eigenvalue weighted by molar-refractivity contribution is 5.17. The summed E-state index contributed by atoms with van der Waals surface area (Å²) in [7, 11) is 0. The van der Waals surface area contributed by atoms with Crippen molar-refractivity contribution in [2.45, 2.75) is 25.4 Å². The number of pyridine rings is 1. The lowest BCUT2D eigenvalue weighted by atomic mass is 9.92. The summed E-state index contributed by atoms with van der Waals surface area (Å²) in [4.78, 5) is 3.70. The van der Waals surface area contributed by atoms with E-state index in [0.29, 0.717) is 18.4 Å². The van der Waals surface area contributed by atoms with Gasteiger partial charge in [-0.3, -0.25) is 4.98 Å². The zero-order valence-electron chi connectivity index (χ0n) is 8.20. The van der Waals surface area contributed by atoms with Crippen molar-refractivity contribution in [3.05, 3.63) is 42.5 Å². The Morgan fingerprint density at radius 1 is 1.64 bits per heavy atom. The summed E-state index contributed by atoms with van der Waals surface area (Å²) >= 11 is 0. The SMILES string of the molecule is C=CCCC(C)(O)c1cncc(F)c1. The van der Waals surface area contributed by atoms with Crippen molar-refractivity contribution in [2.24, 2.45) is 0 Å². The summed E-state index contributed by atoms with van der Waals surface area (Å²) < 4.78 is 12.8. The Balaban J connectivity index is 2.85. The van der Waals surface area contributed by atoms with Gasteiger partial charge < -0.3 is 5.11 Å². The first-order valence-electron chi connectivity index (χ1n) is 4.50. The highest BCUT2D eigenvalue weighted by atomic mass is 19.1. The van der Waals surface area contributed by atoms with E-state index in [1.54, 1.807) is 13.0 Å². The zero-order valence-corrected chi connectivity index (χ0v) is 8.20. The number of rotatable bonds is 4. The zero-order chi connectivity index (χ0) is 10.6. The van der Waals surface area contributed by atoms with Crippen LogP contribution in [0.2, 0.25) is 0 Å². The van der Waals surface area contributed by atoms with Gasteiger partial charge in [0, 0.05) is 11.8 Å². The van der Waals surface area contributed by atoms with Crippen LogP contribution in [0.4, 0.5) is 4.39 Å². The summed E-state index contributed by atoms with van der Waals surface area (Å²) in [6.07, 6.45) is 5.52. The predicted octanol–water partition coefficient (Wildman–Crippen LogP) is 2.39. The molecule has 1 N–H and O–H groups in total. The van der Waals surface area contributed by atoms with Crippen molar-refractivity contribution in [1.82, 2.24) is 4.98 Å². The lowest BCUT2D eigenvalue weighted by molar-refractivity contribution is 0.0481. The first kappa shape index (κ1) is 10.9. The average molecular weight is 195 g/mol. The van der Waals surface area contributed by atoms with Crippen LogP contribution in [-0.4, -0.2) is 10.1 Å². The molecular formula is C11H14FNO. The van der Waals surface area contributed by atoms with Crippen LogP contribution in [0, 0.1) is 5.82 Å². The summed E-state index contributed by atoms with van der Waals surface area (Å²) in [5.74, 6) is -0.429. The molecule has 0 aromatic carbocycles. The monoisotopic (exact) mass is 195 g/mol. The minimum Gasteiger partial charge on any atom is -0.385 e. The van der Waals surface area contributed by atoms with Gasteiger partial charge in [0.25, 0.3) is 0 Å². The molecule has 0 aliphatic heterocycles. The van der Waals surface area contributed by atoms with Gasteiger partial charge in [0.1, 0.15) is 5.82 Å². The molecule has 14 heavy (non-hydrogen) atoms. The van der Waals surface area contributed by atoms with E-state index in [9.17, 15) is 9.50 Å². The van der Waals surface area contributed by atoms with E-state index in [0.717, 1.165) is 6.20 Å². The van der Waals surface area contributed by atoms with Crippen LogP contribution in [-0.2, 0) is 5.60 Å². The van der Waals surface area contributed by atoms with Crippen LogP contribution in [0.3, 0.4) is 0 Å². The normalized spacial score (nSPS) is 14.8. The standard InChI is InChI=1S/C11H14FNO/c1-3-4-5-11(2,14)9-6-10(12)8-13-7-9/h3,6-8,14H,1,4-5H2,2H3. The fourth-order valence-corrected chi connectivity index (χ4v) is 1.23. The third-order valence-electron chi connectivity index (χ3n) is 2.16. The maximum absolute atomic E-state index is 12.8. The molecular weight excluding hydrogens is 181 g/mol. The van der Waals surface area contributed by atoms with Gasteiger partial charge in [0.2, 0.25) is 0 Å². The number of aliphatic hydroxyl groups is 1.